The van der Waals surface area contributed by atoms with Crippen molar-refractivity contribution in [3.05, 3.63) is 53.3 Å². The summed E-state index contributed by atoms with van der Waals surface area (Å²) in [6, 6.07) is 9.27. The van der Waals surface area contributed by atoms with Crippen molar-refractivity contribution in [1.29, 1.82) is 0 Å². The minimum atomic E-state index is -0.478. The van der Waals surface area contributed by atoms with Crippen LogP contribution in [-0.4, -0.2) is 10.2 Å². The van der Waals surface area contributed by atoms with Crippen LogP contribution in [0.5, 0.6) is 0 Å². The molecule has 0 fully saturated rings. The van der Waals surface area contributed by atoms with E-state index in [9.17, 15) is 4.79 Å². The summed E-state index contributed by atoms with van der Waals surface area (Å²) in [4.78, 5) is 15.4. The number of aromatic nitrogens is 1. The highest BCUT2D eigenvalue weighted by molar-refractivity contribution is 6.67. The number of alkyl halides is 1. The van der Waals surface area contributed by atoms with Gasteiger partial charge in [0.05, 0.1) is 0 Å². The molecule has 0 radical (unpaired) electrons. The summed E-state index contributed by atoms with van der Waals surface area (Å²) in [5, 5.41) is -0.478. The Labute approximate surface area is 116 Å². The van der Waals surface area contributed by atoms with Crippen molar-refractivity contribution in [2.45, 2.75) is 12.8 Å². The van der Waals surface area contributed by atoms with Gasteiger partial charge in [-0.15, -0.1) is 11.6 Å². The average molecular weight is 280 g/mol. The van der Waals surface area contributed by atoms with E-state index >= 15 is 0 Å². The maximum Gasteiger partial charge on any atom is 0.252 e. The molecule has 92 valence electrons. The SMILES string of the molecule is Cc1cc(-c2cc(CCl)cc(C(=O)Cl)c2)ccn1. The fourth-order valence-corrected chi connectivity index (χ4v) is 2.04. The van der Waals surface area contributed by atoms with Gasteiger partial charge in [0.2, 0.25) is 0 Å². The third-order valence-electron chi connectivity index (χ3n) is 2.60. The first-order valence-corrected chi connectivity index (χ1v) is 6.34. The number of hydrogen-bond donors (Lipinski definition) is 0. The van der Waals surface area contributed by atoms with E-state index in [4.69, 9.17) is 23.2 Å². The standard InChI is InChI=1S/C14H11Cl2NO/c1-9-4-11(2-3-17-9)12-5-10(8-15)6-13(7-12)14(16)18/h2-7H,8H2,1H3. The molecule has 0 aliphatic heterocycles. The van der Waals surface area contributed by atoms with E-state index in [0.717, 1.165) is 22.4 Å². The Hall–Kier alpha value is -1.38. The molecule has 0 aliphatic rings. The van der Waals surface area contributed by atoms with Crippen molar-refractivity contribution < 1.29 is 4.79 Å². The Morgan fingerprint density at radius 3 is 2.61 bits per heavy atom. The lowest BCUT2D eigenvalue weighted by atomic mass is 10.0. The quantitative estimate of drug-likeness (QED) is 0.623. The molecule has 0 saturated carbocycles. The highest BCUT2D eigenvalue weighted by Crippen LogP contribution is 2.24. The second kappa shape index (κ2) is 5.51. The number of benzene rings is 1. The fourth-order valence-electron chi connectivity index (χ4n) is 1.77. The summed E-state index contributed by atoms with van der Waals surface area (Å²) in [6.45, 7) is 1.92. The van der Waals surface area contributed by atoms with Crippen molar-refractivity contribution in [2.75, 3.05) is 0 Å². The zero-order chi connectivity index (χ0) is 13.1. The lowest BCUT2D eigenvalue weighted by Gasteiger charge is -2.07. The Balaban J connectivity index is 2.56. The molecule has 2 nitrogen and oxygen atoms in total. The molecule has 1 aromatic carbocycles. The van der Waals surface area contributed by atoms with Crippen LogP contribution in [-0.2, 0) is 5.88 Å². The van der Waals surface area contributed by atoms with Crippen LogP contribution in [0.25, 0.3) is 11.1 Å². The molecule has 1 aromatic heterocycles. The normalized spacial score (nSPS) is 10.4. The van der Waals surface area contributed by atoms with Gasteiger partial charge in [0.1, 0.15) is 0 Å². The molecule has 0 bridgehead atoms. The van der Waals surface area contributed by atoms with E-state index in [1.807, 2.05) is 25.1 Å². The number of nitrogens with zero attached hydrogens (tertiary/aromatic N) is 1. The monoisotopic (exact) mass is 279 g/mol. The first kappa shape index (κ1) is 13.1. The van der Waals surface area contributed by atoms with Crippen LogP contribution in [0.3, 0.4) is 0 Å². The first-order valence-electron chi connectivity index (χ1n) is 5.43. The molecule has 0 aliphatic carbocycles. The van der Waals surface area contributed by atoms with Crippen LogP contribution >= 0.6 is 23.2 Å². The predicted octanol–water partition coefficient (Wildman–Crippen LogP) is 4.17. The molecule has 0 saturated heterocycles. The third kappa shape index (κ3) is 2.89. The van der Waals surface area contributed by atoms with Gasteiger partial charge in [-0.25, -0.2) is 0 Å². The van der Waals surface area contributed by atoms with Gasteiger partial charge < -0.3 is 0 Å². The molecular weight excluding hydrogens is 269 g/mol. The van der Waals surface area contributed by atoms with Crippen LogP contribution in [0.15, 0.2) is 36.5 Å². The van der Waals surface area contributed by atoms with Crippen LogP contribution in [0.4, 0.5) is 0 Å². The van der Waals surface area contributed by atoms with E-state index in [1.54, 1.807) is 18.3 Å². The number of halogens is 2. The van der Waals surface area contributed by atoms with Gasteiger partial charge in [-0.3, -0.25) is 9.78 Å². The summed E-state index contributed by atoms with van der Waals surface area (Å²) in [5.74, 6) is 0.342. The molecule has 0 N–H and O–H groups in total. The second-order valence-corrected chi connectivity index (χ2v) is 4.62. The van der Waals surface area contributed by atoms with Gasteiger partial charge in [0, 0.05) is 23.3 Å². The van der Waals surface area contributed by atoms with E-state index in [0.29, 0.717) is 11.4 Å². The molecule has 2 aromatic rings. The van der Waals surface area contributed by atoms with Gasteiger partial charge in [-0.1, -0.05) is 0 Å². The summed E-state index contributed by atoms with van der Waals surface area (Å²) < 4.78 is 0. The van der Waals surface area contributed by atoms with Gasteiger partial charge in [-0.2, -0.15) is 0 Å². The summed E-state index contributed by atoms with van der Waals surface area (Å²) in [6.07, 6.45) is 1.74. The molecule has 4 heteroatoms. The summed E-state index contributed by atoms with van der Waals surface area (Å²) in [5.41, 5.74) is 4.16. The zero-order valence-electron chi connectivity index (χ0n) is 9.78. The highest BCUT2D eigenvalue weighted by Gasteiger charge is 2.07. The third-order valence-corrected chi connectivity index (χ3v) is 3.13. The van der Waals surface area contributed by atoms with E-state index in [2.05, 4.69) is 4.98 Å². The molecule has 18 heavy (non-hydrogen) atoms. The van der Waals surface area contributed by atoms with Gasteiger partial charge in [0.25, 0.3) is 5.24 Å². The molecule has 1 heterocycles. The van der Waals surface area contributed by atoms with Crippen molar-refractivity contribution in [1.82, 2.24) is 4.98 Å². The van der Waals surface area contributed by atoms with Crippen molar-refractivity contribution >= 4 is 28.4 Å². The lowest BCUT2D eigenvalue weighted by Crippen LogP contribution is -1.93. The number of carbonyl (C=O) groups excluding carboxylic acids is 1. The molecule has 0 amide bonds. The van der Waals surface area contributed by atoms with E-state index < -0.39 is 5.24 Å². The van der Waals surface area contributed by atoms with Gasteiger partial charge in [0.15, 0.2) is 0 Å². The maximum atomic E-state index is 11.3. The molecule has 0 spiro atoms. The van der Waals surface area contributed by atoms with Gasteiger partial charge >= 0.3 is 0 Å². The highest BCUT2D eigenvalue weighted by atomic mass is 35.5. The Morgan fingerprint density at radius 2 is 2.00 bits per heavy atom. The minimum Gasteiger partial charge on any atom is -0.276 e. The first-order chi connectivity index (χ1) is 8.60. The number of carbonyl (C=O) groups is 1. The minimum absolute atomic E-state index is 0.342. The second-order valence-electron chi connectivity index (χ2n) is 4.01. The van der Waals surface area contributed by atoms with Crippen LogP contribution in [0.1, 0.15) is 21.6 Å². The molecule has 0 unspecified atom stereocenters. The Kier molecular flexibility index (Phi) is 4.00. The number of aryl methyl sites for hydroxylation is 1. The van der Waals surface area contributed by atoms with Gasteiger partial charge in [-0.05, 0) is 65.5 Å². The summed E-state index contributed by atoms with van der Waals surface area (Å²) >= 11 is 11.4. The summed E-state index contributed by atoms with van der Waals surface area (Å²) in [7, 11) is 0. The number of hydrogen-bond acceptors (Lipinski definition) is 2. The van der Waals surface area contributed by atoms with Crippen LogP contribution < -0.4 is 0 Å². The lowest BCUT2D eigenvalue weighted by molar-refractivity contribution is 0.108. The van der Waals surface area contributed by atoms with E-state index in [1.165, 1.54) is 0 Å². The largest absolute Gasteiger partial charge is 0.276 e. The molecule has 2 rings (SSSR count). The molecule has 0 atom stereocenters. The van der Waals surface area contributed by atoms with Crippen LogP contribution in [0, 0.1) is 6.92 Å². The van der Waals surface area contributed by atoms with Crippen LogP contribution in [0.2, 0.25) is 0 Å². The number of pyridine rings is 1. The van der Waals surface area contributed by atoms with Crippen molar-refractivity contribution in [3.63, 3.8) is 0 Å². The Bertz CT molecular complexity index is 596. The van der Waals surface area contributed by atoms with E-state index in [-0.39, 0.29) is 0 Å². The van der Waals surface area contributed by atoms with Crippen molar-refractivity contribution in [2.24, 2.45) is 0 Å². The smallest absolute Gasteiger partial charge is 0.252 e. The maximum absolute atomic E-state index is 11.3. The van der Waals surface area contributed by atoms with Crippen molar-refractivity contribution in [3.8, 4) is 11.1 Å². The number of rotatable bonds is 3. The molecular formula is C14H11Cl2NO. The average Bonchev–Trinajstić information content (AvgIpc) is 2.38. The fraction of sp³-hybridized carbons (Fsp3) is 0.143. The zero-order valence-corrected chi connectivity index (χ0v) is 11.3. The topological polar surface area (TPSA) is 30.0 Å². The predicted molar refractivity (Wildman–Crippen MR) is 74.2 cm³/mol. The Morgan fingerprint density at radius 1 is 1.22 bits per heavy atom.